The molecular weight excluding hydrogens is 402 g/mol. The Balaban J connectivity index is 1.65. The van der Waals surface area contributed by atoms with Gasteiger partial charge in [0.2, 0.25) is 5.91 Å². The summed E-state index contributed by atoms with van der Waals surface area (Å²) < 4.78 is 5.54. The number of amides is 3. The molecule has 0 saturated heterocycles. The highest BCUT2D eigenvalue weighted by Gasteiger charge is 2.44. The van der Waals surface area contributed by atoms with Gasteiger partial charge in [0.25, 0.3) is 17.5 Å². The molecule has 0 spiro atoms. The molecule has 0 bridgehead atoms. The molecule has 1 heterocycles. The van der Waals surface area contributed by atoms with Gasteiger partial charge in [0.05, 0.1) is 23.2 Å². The summed E-state index contributed by atoms with van der Waals surface area (Å²) >= 11 is 0. The number of imide groups is 1. The minimum Gasteiger partial charge on any atom is -0.374 e. The van der Waals surface area contributed by atoms with Crippen LogP contribution in [-0.4, -0.2) is 39.7 Å². The number of carbonyl (C=O) groups excluding carboxylic acids is 3. The first-order valence-electron chi connectivity index (χ1n) is 9.83. The Morgan fingerprint density at radius 3 is 2.32 bits per heavy atom. The number of rotatable bonds is 8. The van der Waals surface area contributed by atoms with E-state index >= 15 is 0 Å². The third kappa shape index (κ3) is 4.61. The van der Waals surface area contributed by atoms with Crippen LogP contribution in [0, 0.1) is 10.1 Å². The lowest BCUT2D eigenvalue weighted by molar-refractivity contribution is -0.385. The van der Waals surface area contributed by atoms with Gasteiger partial charge in [0.15, 0.2) is 0 Å². The number of nitro groups is 1. The molecule has 2 aromatic rings. The molecule has 1 atom stereocenters. The largest absolute Gasteiger partial charge is 0.374 e. The van der Waals surface area contributed by atoms with Crippen molar-refractivity contribution in [3.8, 4) is 0 Å². The first kappa shape index (κ1) is 22.1. The molecule has 31 heavy (non-hydrogen) atoms. The summed E-state index contributed by atoms with van der Waals surface area (Å²) in [6, 6.07) is 10.2. The van der Waals surface area contributed by atoms with E-state index in [4.69, 9.17) is 4.74 Å². The second-order valence-electron chi connectivity index (χ2n) is 7.51. The maximum atomic E-state index is 12.7. The molecule has 9 heteroatoms. The number of carbonyl (C=O) groups is 3. The normalized spacial score (nSPS) is 14.0. The topological polar surface area (TPSA) is 119 Å². The van der Waals surface area contributed by atoms with Gasteiger partial charge in [-0.3, -0.25) is 29.4 Å². The number of hydrogen-bond donors (Lipinski definition) is 1. The number of benzene rings is 2. The average molecular weight is 425 g/mol. The SMILES string of the molecule is CC(C)OCc1ccc(CNC(=O)C(C)N2C(=O)c3cccc([N+](=O)[O-])c3C2=O)cc1. The third-order valence-electron chi connectivity index (χ3n) is 4.96. The van der Waals surface area contributed by atoms with E-state index in [-0.39, 0.29) is 23.8 Å². The fourth-order valence-electron chi connectivity index (χ4n) is 3.26. The monoisotopic (exact) mass is 425 g/mol. The van der Waals surface area contributed by atoms with Gasteiger partial charge in [0, 0.05) is 12.6 Å². The van der Waals surface area contributed by atoms with Crippen molar-refractivity contribution in [3.63, 3.8) is 0 Å². The van der Waals surface area contributed by atoms with Crippen LogP contribution < -0.4 is 5.32 Å². The lowest BCUT2D eigenvalue weighted by Crippen LogP contribution is -2.47. The van der Waals surface area contributed by atoms with Crippen LogP contribution in [0.2, 0.25) is 0 Å². The molecule has 0 radical (unpaired) electrons. The molecule has 0 aromatic heterocycles. The summed E-state index contributed by atoms with van der Waals surface area (Å²) in [6.45, 7) is 6.02. The maximum absolute atomic E-state index is 12.7. The second-order valence-corrected chi connectivity index (χ2v) is 7.51. The number of hydrogen-bond acceptors (Lipinski definition) is 6. The van der Waals surface area contributed by atoms with Gasteiger partial charge in [-0.2, -0.15) is 0 Å². The molecule has 3 rings (SSSR count). The molecule has 0 fully saturated rings. The lowest BCUT2D eigenvalue weighted by atomic mass is 10.1. The molecule has 0 aliphatic carbocycles. The Bertz CT molecular complexity index is 1030. The predicted octanol–water partition coefficient (Wildman–Crippen LogP) is 2.82. The van der Waals surface area contributed by atoms with E-state index in [0.717, 1.165) is 22.1 Å². The van der Waals surface area contributed by atoms with E-state index in [1.165, 1.54) is 19.1 Å². The Morgan fingerprint density at radius 2 is 1.71 bits per heavy atom. The molecule has 0 saturated carbocycles. The van der Waals surface area contributed by atoms with Gasteiger partial charge < -0.3 is 10.1 Å². The van der Waals surface area contributed by atoms with Crippen LogP contribution in [0.15, 0.2) is 42.5 Å². The van der Waals surface area contributed by atoms with Gasteiger partial charge in [-0.25, -0.2) is 0 Å². The van der Waals surface area contributed by atoms with Crippen LogP contribution in [0.5, 0.6) is 0 Å². The molecule has 1 N–H and O–H groups in total. The van der Waals surface area contributed by atoms with E-state index in [0.29, 0.717) is 6.61 Å². The fraction of sp³-hybridized carbons (Fsp3) is 0.318. The second kappa shape index (κ2) is 9.05. The van der Waals surface area contributed by atoms with Crippen LogP contribution in [0.3, 0.4) is 0 Å². The zero-order valence-corrected chi connectivity index (χ0v) is 17.5. The molecule has 9 nitrogen and oxygen atoms in total. The van der Waals surface area contributed by atoms with E-state index < -0.39 is 34.4 Å². The zero-order chi connectivity index (χ0) is 22.7. The van der Waals surface area contributed by atoms with Crippen LogP contribution in [0.1, 0.15) is 52.6 Å². The molecular formula is C22H23N3O6. The Labute approximate surface area is 179 Å². The highest BCUT2D eigenvalue weighted by atomic mass is 16.6. The molecule has 1 aliphatic rings. The van der Waals surface area contributed by atoms with Gasteiger partial charge in [-0.05, 0) is 38.0 Å². The van der Waals surface area contributed by atoms with Crippen molar-refractivity contribution in [2.24, 2.45) is 0 Å². The van der Waals surface area contributed by atoms with Crippen LogP contribution in [-0.2, 0) is 22.7 Å². The van der Waals surface area contributed by atoms with E-state index in [1.807, 2.05) is 38.1 Å². The molecule has 162 valence electrons. The number of nitro benzene ring substituents is 1. The molecule has 2 aromatic carbocycles. The van der Waals surface area contributed by atoms with Crippen molar-refractivity contribution in [1.82, 2.24) is 10.2 Å². The quantitative estimate of drug-likeness (QED) is 0.395. The Morgan fingerprint density at radius 1 is 1.06 bits per heavy atom. The summed E-state index contributed by atoms with van der Waals surface area (Å²) in [6.07, 6.45) is 0.129. The van der Waals surface area contributed by atoms with Crippen molar-refractivity contribution < 1.29 is 24.0 Å². The Kier molecular flexibility index (Phi) is 6.45. The number of fused-ring (bicyclic) bond motifs is 1. The van der Waals surface area contributed by atoms with E-state index in [2.05, 4.69) is 5.32 Å². The van der Waals surface area contributed by atoms with Gasteiger partial charge >= 0.3 is 0 Å². The summed E-state index contributed by atoms with van der Waals surface area (Å²) in [4.78, 5) is 49.2. The van der Waals surface area contributed by atoms with Crippen molar-refractivity contribution >= 4 is 23.4 Å². The van der Waals surface area contributed by atoms with Crippen LogP contribution in [0.4, 0.5) is 5.69 Å². The van der Waals surface area contributed by atoms with Crippen LogP contribution in [0.25, 0.3) is 0 Å². The average Bonchev–Trinajstić information content (AvgIpc) is 3.00. The van der Waals surface area contributed by atoms with E-state index in [1.54, 1.807) is 0 Å². The highest BCUT2D eigenvalue weighted by molar-refractivity contribution is 6.24. The number of ether oxygens (including phenoxy) is 1. The first-order valence-corrected chi connectivity index (χ1v) is 9.83. The minimum atomic E-state index is -1.12. The van der Waals surface area contributed by atoms with E-state index in [9.17, 15) is 24.5 Å². The molecule has 1 unspecified atom stereocenters. The molecule has 1 aliphatic heterocycles. The summed E-state index contributed by atoms with van der Waals surface area (Å²) in [7, 11) is 0. The van der Waals surface area contributed by atoms with Crippen molar-refractivity contribution in [3.05, 3.63) is 74.8 Å². The van der Waals surface area contributed by atoms with Gasteiger partial charge in [-0.15, -0.1) is 0 Å². The summed E-state index contributed by atoms with van der Waals surface area (Å²) in [5.41, 5.74) is 1.04. The summed E-state index contributed by atoms with van der Waals surface area (Å²) in [5.74, 6) is -2.10. The molecule has 3 amide bonds. The smallest absolute Gasteiger partial charge is 0.282 e. The number of nitrogens with one attached hydrogen (secondary N) is 1. The lowest BCUT2D eigenvalue weighted by Gasteiger charge is -2.21. The first-order chi connectivity index (χ1) is 14.7. The summed E-state index contributed by atoms with van der Waals surface area (Å²) in [5, 5.41) is 13.9. The minimum absolute atomic E-state index is 0.0712. The van der Waals surface area contributed by atoms with Crippen LogP contribution >= 0.6 is 0 Å². The van der Waals surface area contributed by atoms with Crippen molar-refractivity contribution in [2.45, 2.75) is 46.1 Å². The Hall–Kier alpha value is -3.59. The predicted molar refractivity (Wildman–Crippen MR) is 111 cm³/mol. The maximum Gasteiger partial charge on any atom is 0.282 e. The van der Waals surface area contributed by atoms with Crippen molar-refractivity contribution in [1.29, 1.82) is 0 Å². The fourth-order valence-corrected chi connectivity index (χ4v) is 3.26. The van der Waals surface area contributed by atoms with Gasteiger partial charge in [0.1, 0.15) is 11.6 Å². The van der Waals surface area contributed by atoms with Gasteiger partial charge in [-0.1, -0.05) is 30.3 Å². The standard InChI is InChI=1S/C22H23N3O6/c1-13(2)31-12-16-9-7-15(8-10-16)11-23-20(26)14(3)24-21(27)17-5-4-6-18(25(29)30)19(17)22(24)28/h4-10,13-14H,11-12H2,1-3H3,(H,23,26). The number of nitrogens with zero attached hydrogens (tertiary/aromatic N) is 2. The highest BCUT2D eigenvalue weighted by Crippen LogP contribution is 2.31. The third-order valence-corrected chi connectivity index (χ3v) is 4.96. The zero-order valence-electron chi connectivity index (χ0n) is 17.5. The van der Waals surface area contributed by atoms with Crippen molar-refractivity contribution in [2.75, 3.05) is 0 Å².